The summed E-state index contributed by atoms with van der Waals surface area (Å²) in [6, 6.07) is -0.294. The van der Waals surface area contributed by atoms with E-state index in [1.165, 1.54) is 4.90 Å². The molecule has 28 heavy (non-hydrogen) atoms. The molecule has 0 aromatic heterocycles. The zero-order valence-corrected chi connectivity index (χ0v) is 17.8. The standard InChI is InChI=1S/C21H35N3O4/c1-5-28-17(25)15-7-6-12-23(13-15)14-24-18(26)21(22-19(24)27)10-8-16(9-11-21)20(2,3)4/h15-16H,5-14H2,1-4H3,(H,22,27). The lowest BCUT2D eigenvalue weighted by molar-refractivity contribution is -0.150. The fraction of sp³-hybridized carbons (Fsp3) is 0.857. The predicted octanol–water partition coefficient (Wildman–Crippen LogP) is 2.75. The van der Waals surface area contributed by atoms with E-state index in [9.17, 15) is 14.4 Å². The fourth-order valence-electron chi connectivity index (χ4n) is 4.96. The molecule has 2 heterocycles. The zero-order valence-electron chi connectivity index (χ0n) is 17.8. The van der Waals surface area contributed by atoms with Crippen LogP contribution in [-0.2, 0) is 14.3 Å². The lowest BCUT2D eigenvalue weighted by Crippen LogP contribution is -2.51. The van der Waals surface area contributed by atoms with E-state index in [1.54, 1.807) is 6.92 Å². The Morgan fingerprint density at radius 2 is 1.89 bits per heavy atom. The Bertz CT molecular complexity index is 620. The Hall–Kier alpha value is -1.63. The predicted molar refractivity (Wildman–Crippen MR) is 105 cm³/mol. The summed E-state index contributed by atoms with van der Waals surface area (Å²) in [5.41, 5.74) is -0.502. The van der Waals surface area contributed by atoms with Gasteiger partial charge in [0.1, 0.15) is 5.54 Å². The van der Waals surface area contributed by atoms with E-state index in [0.717, 1.165) is 32.2 Å². The second kappa shape index (κ2) is 8.01. The molecule has 2 saturated heterocycles. The number of rotatable bonds is 4. The molecule has 1 spiro atoms. The molecular weight excluding hydrogens is 358 g/mol. The number of imide groups is 1. The number of likely N-dealkylation sites (tertiary alicyclic amines) is 1. The number of nitrogens with one attached hydrogen (secondary N) is 1. The van der Waals surface area contributed by atoms with Crippen molar-refractivity contribution in [1.82, 2.24) is 15.1 Å². The molecular formula is C21H35N3O4. The first-order chi connectivity index (χ1) is 13.2. The van der Waals surface area contributed by atoms with Gasteiger partial charge in [0.05, 0.1) is 19.2 Å². The van der Waals surface area contributed by atoms with Gasteiger partial charge >= 0.3 is 12.0 Å². The topological polar surface area (TPSA) is 79.0 Å². The Morgan fingerprint density at radius 3 is 2.50 bits per heavy atom. The van der Waals surface area contributed by atoms with Gasteiger partial charge < -0.3 is 10.1 Å². The van der Waals surface area contributed by atoms with E-state index in [-0.39, 0.29) is 35.9 Å². The minimum atomic E-state index is -0.727. The van der Waals surface area contributed by atoms with Crippen LogP contribution in [0.15, 0.2) is 0 Å². The van der Waals surface area contributed by atoms with Gasteiger partial charge in [-0.05, 0) is 63.3 Å². The van der Waals surface area contributed by atoms with Crippen LogP contribution < -0.4 is 5.32 Å². The molecule has 2 aliphatic heterocycles. The van der Waals surface area contributed by atoms with Crippen molar-refractivity contribution >= 4 is 17.9 Å². The zero-order chi connectivity index (χ0) is 20.5. The molecule has 7 heteroatoms. The van der Waals surface area contributed by atoms with Crippen molar-refractivity contribution in [2.45, 2.75) is 71.8 Å². The van der Waals surface area contributed by atoms with Crippen LogP contribution in [0, 0.1) is 17.3 Å². The quantitative estimate of drug-likeness (QED) is 0.587. The highest BCUT2D eigenvalue weighted by atomic mass is 16.5. The van der Waals surface area contributed by atoms with Crippen LogP contribution in [0.4, 0.5) is 4.79 Å². The van der Waals surface area contributed by atoms with Gasteiger partial charge in [0.15, 0.2) is 0 Å². The lowest BCUT2D eigenvalue weighted by Gasteiger charge is -2.40. The van der Waals surface area contributed by atoms with Crippen molar-refractivity contribution in [1.29, 1.82) is 0 Å². The van der Waals surface area contributed by atoms with Crippen LogP contribution in [0.2, 0.25) is 0 Å². The van der Waals surface area contributed by atoms with Crippen LogP contribution in [-0.4, -0.2) is 59.6 Å². The molecule has 3 fully saturated rings. The van der Waals surface area contributed by atoms with Crippen molar-refractivity contribution in [3.63, 3.8) is 0 Å². The molecule has 1 atom stereocenters. The minimum absolute atomic E-state index is 0.0943. The van der Waals surface area contributed by atoms with E-state index in [1.807, 2.05) is 4.90 Å². The number of carbonyl (C=O) groups excluding carboxylic acids is 3. The van der Waals surface area contributed by atoms with Gasteiger partial charge in [0.25, 0.3) is 5.91 Å². The van der Waals surface area contributed by atoms with E-state index < -0.39 is 5.54 Å². The molecule has 0 radical (unpaired) electrons. The molecule has 0 aromatic rings. The van der Waals surface area contributed by atoms with Gasteiger partial charge in [-0.15, -0.1) is 0 Å². The summed E-state index contributed by atoms with van der Waals surface area (Å²) in [5.74, 6) is 0.124. The van der Waals surface area contributed by atoms with E-state index in [2.05, 4.69) is 26.1 Å². The van der Waals surface area contributed by atoms with Gasteiger partial charge in [-0.2, -0.15) is 0 Å². The number of ether oxygens (including phenoxy) is 1. The normalized spacial score (nSPS) is 31.9. The molecule has 1 unspecified atom stereocenters. The number of carbonyl (C=O) groups is 3. The number of urea groups is 1. The van der Waals surface area contributed by atoms with Crippen molar-refractivity contribution in [3.8, 4) is 0 Å². The molecule has 1 N–H and O–H groups in total. The summed E-state index contributed by atoms with van der Waals surface area (Å²) in [5, 5.41) is 3.00. The maximum absolute atomic E-state index is 13.2. The summed E-state index contributed by atoms with van der Waals surface area (Å²) in [7, 11) is 0. The SMILES string of the molecule is CCOC(=O)C1CCCN(CN2C(=O)NC3(CCC(C(C)(C)C)CC3)C2=O)C1. The van der Waals surface area contributed by atoms with Crippen molar-refractivity contribution in [2.75, 3.05) is 26.4 Å². The molecule has 3 aliphatic rings. The first kappa shape index (κ1) is 21.1. The third-order valence-corrected chi connectivity index (χ3v) is 6.78. The molecule has 3 rings (SSSR count). The number of hydrogen-bond donors (Lipinski definition) is 1. The highest BCUT2D eigenvalue weighted by Gasteiger charge is 2.53. The largest absolute Gasteiger partial charge is 0.466 e. The van der Waals surface area contributed by atoms with Crippen LogP contribution in [0.1, 0.15) is 66.2 Å². The van der Waals surface area contributed by atoms with Crippen LogP contribution in [0.3, 0.4) is 0 Å². The van der Waals surface area contributed by atoms with Gasteiger partial charge in [0, 0.05) is 6.54 Å². The Balaban J connectivity index is 1.61. The molecule has 1 saturated carbocycles. The van der Waals surface area contributed by atoms with Crippen molar-refractivity contribution in [3.05, 3.63) is 0 Å². The number of hydrogen-bond acceptors (Lipinski definition) is 5. The van der Waals surface area contributed by atoms with Gasteiger partial charge in [-0.25, -0.2) is 9.69 Å². The molecule has 7 nitrogen and oxygen atoms in total. The van der Waals surface area contributed by atoms with Gasteiger partial charge in [0.2, 0.25) is 0 Å². The summed E-state index contributed by atoms with van der Waals surface area (Å²) in [4.78, 5) is 41.2. The number of esters is 1. The number of nitrogens with zero attached hydrogens (tertiary/aromatic N) is 2. The molecule has 0 bridgehead atoms. The minimum Gasteiger partial charge on any atom is -0.466 e. The molecule has 1 aliphatic carbocycles. The molecule has 158 valence electrons. The van der Waals surface area contributed by atoms with Crippen LogP contribution >= 0.6 is 0 Å². The fourth-order valence-corrected chi connectivity index (χ4v) is 4.96. The van der Waals surface area contributed by atoms with Crippen molar-refractivity contribution in [2.24, 2.45) is 17.3 Å². The summed E-state index contributed by atoms with van der Waals surface area (Å²) < 4.78 is 5.14. The Morgan fingerprint density at radius 1 is 1.21 bits per heavy atom. The Kier molecular flexibility index (Phi) is 6.03. The maximum atomic E-state index is 13.2. The average Bonchev–Trinajstić information content (AvgIpc) is 2.86. The first-order valence-electron chi connectivity index (χ1n) is 10.7. The van der Waals surface area contributed by atoms with Crippen LogP contribution in [0.5, 0.6) is 0 Å². The van der Waals surface area contributed by atoms with Crippen molar-refractivity contribution < 1.29 is 19.1 Å². The highest BCUT2D eigenvalue weighted by molar-refractivity contribution is 6.07. The van der Waals surface area contributed by atoms with Crippen LogP contribution in [0.25, 0.3) is 0 Å². The summed E-state index contributed by atoms with van der Waals surface area (Å²) >= 11 is 0. The third-order valence-electron chi connectivity index (χ3n) is 6.78. The highest BCUT2D eigenvalue weighted by Crippen LogP contribution is 2.43. The first-order valence-corrected chi connectivity index (χ1v) is 10.7. The average molecular weight is 394 g/mol. The van der Waals surface area contributed by atoms with E-state index >= 15 is 0 Å². The third kappa shape index (κ3) is 4.19. The number of amides is 3. The molecule has 3 amide bonds. The summed E-state index contributed by atoms with van der Waals surface area (Å²) in [6.07, 6.45) is 5.00. The smallest absolute Gasteiger partial charge is 0.326 e. The molecule has 0 aromatic carbocycles. The van der Waals surface area contributed by atoms with E-state index in [4.69, 9.17) is 4.74 Å². The number of piperidine rings is 1. The van der Waals surface area contributed by atoms with Gasteiger partial charge in [-0.1, -0.05) is 20.8 Å². The Labute approximate surface area is 168 Å². The summed E-state index contributed by atoms with van der Waals surface area (Å²) in [6.45, 7) is 10.5. The second-order valence-electron chi connectivity index (χ2n) is 9.70. The second-order valence-corrected chi connectivity index (χ2v) is 9.70. The van der Waals surface area contributed by atoms with E-state index in [0.29, 0.717) is 31.9 Å². The lowest BCUT2D eigenvalue weighted by atomic mass is 9.67. The monoisotopic (exact) mass is 393 g/mol. The maximum Gasteiger partial charge on any atom is 0.326 e. The van der Waals surface area contributed by atoms with Gasteiger partial charge in [-0.3, -0.25) is 14.5 Å².